The van der Waals surface area contributed by atoms with Crippen LogP contribution in [-0.2, 0) is 29.3 Å². The summed E-state index contributed by atoms with van der Waals surface area (Å²) in [7, 11) is 0. The van der Waals surface area contributed by atoms with Gasteiger partial charge in [-0.05, 0) is 20.3 Å². The zero-order valence-corrected chi connectivity index (χ0v) is 14.6. The molecular weight excluding hydrogens is 368 g/mol. The highest BCUT2D eigenvalue weighted by atomic mass is 17.0. The van der Waals surface area contributed by atoms with Crippen molar-refractivity contribution in [2.75, 3.05) is 6.61 Å². The van der Waals surface area contributed by atoms with Crippen molar-refractivity contribution >= 4 is 11.2 Å². The van der Waals surface area contributed by atoms with Crippen LogP contribution >= 0.6 is 0 Å². The van der Waals surface area contributed by atoms with E-state index in [1.54, 1.807) is 13.8 Å². The first-order valence-corrected chi connectivity index (χ1v) is 8.07. The van der Waals surface area contributed by atoms with Crippen molar-refractivity contribution in [3.63, 3.8) is 0 Å². The topological polar surface area (TPSA) is 167 Å². The van der Waals surface area contributed by atoms with Gasteiger partial charge in [0.15, 0.2) is 11.2 Å². The van der Waals surface area contributed by atoms with Crippen LogP contribution in [-0.4, -0.2) is 41.6 Å². The Morgan fingerprint density at radius 2 is 1.81 bits per heavy atom. The smallest absolute Gasteiger partial charge is 0.322 e. The molecule has 2 aromatic heterocycles. The highest BCUT2D eigenvalue weighted by Crippen LogP contribution is 2.11. The summed E-state index contributed by atoms with van der Waals surface area (Å²) >= 11 is 0. The van der Waals surface area contributed by atoms with Gasteiger partial charge in [-0.3, -0.25) is 13.9 Å². The first kappa shape index (κ1) is 19.9. The Morgan fingerprint density at radius 3 is 2.37 bits per heavy atom. The standard InChI is InChI=1S/C13H18N6O8/c1-3-16-11-10(12(20)17(4-2)13(16)21)15(8-14-11)7-9(27-19(24)25)5-6-26-18(22)23/h8-9H,3-7H2,1-2H3. The maximum Gasteiger partial charge on any atom is 0.332 e. The van der Waals surface area contributed by atoms with Gasteiger partial charge in [0.2, 0.25) is 0 Å². The molecule has 2 heterocycles. The van der Waals surface area contributed by atoms with Crippen LogP contribution in [0.1, 0.15) is 20.3 Å². The molecule has 27 heavy (non-hydrogen) atoms. The van der Waals surface area contributed by atoms with Gasteiger partial charge in [-0.15, -0.1) is 20.2 Å². The summed E-state index contributed by atoms with van der Waals surface area (Å²) in [6, 6.07) is 0. The van der Waals surface area contributed by atoms with Crippen molar-refractivity contribution in [1.29, 1.82) is 0 Å². The van der Waals surface area contributed by atoms with E-state index in [0.717, 1.165) is 4.57 Å². The van der Waals surface area contributed by atoms with Gasteiger partial charge in [0, 0.05) is 13.1 Å². The van der Waals surface area contributed by atoms with Crippen molar-refractivity contribution < 1.29 is 19.8 Å². The molecule has 0 aliphatic heterocycles. The van der Waals surface area contributed by atoms with E-state index in [0.29, 0.717) is 0 Å². The highest BCUT2D eigenvalue weighted by molar-refractivity contribution is 5.70. The fraction of sp³-hybridized carbons (Fsp3) is 0.615. The molecular formula is C13H18N6O8. The molecule has 148 valence electrons. The van der Waals surface area contributed by atoms with Crippen molar-refractivity contribution in [2.45, 2.75) is 46.0 Å². The number of nitrogens with zero attached hydrogens (tertiary/aromatic N) is 6. The Balaban J connectivity index is 2.44. The lowest BCUT2D eigenvalue weighted by Crippen LogP contribution is -2.40. The lowest BCUT2D eigenvalue weighted by Gasteiger charge is -2.16. The monoisotopic (exact) mass is 386 g/mol. The molecule has 0 N–H and O–H groups in total. The molecule has 2 aromatic rings. The largest absolute Gasteiger partial charge is 0.332 e. The number of hydrogen-bond donors (Lipinski definition) is 0. The molecule has 0 saturated carbocycles. The van der Waals surface area contributed by atoms with Crippen molar-refractivity contribution in [3.05, 3.63) is 47.4 Å². The predicted molar refractivity (Wildman–Crippen MR) is 89.0 cm³/mol. The van der Waals surface area contributed by atoms with Crippen LogP contribution in [0.5, 0.6) is 0 Å². The molecule has 2 rings (SSSR count). The number of fused-ring (bicyclic) bond motifs is 1. The van der Waals surface area contributed by atoms with Crippen molar-refractivity contribution in [3.8, 4) is 0 Å². The molecule has 14 nitrogen and oxygen atoms in total. The van der Waals surface area contributed by atoms with Crippen LogP contribution in [0.4, 0.5) is 0 Å². The molecule has 1 unspecified atom stereocenters. The van der Waals surface area contributed by atoms with Gasteiger partial charge in [-0.1, -0.05) is 0 Å². The minimum atomic E-state index is -1.12. The predicted octanol–water partition coefficient (Wildman–Crippen LogP) is -0.425. The van der Waals surface area contributed by atoms with Gasteiger partial charge in [0.05, 0.1) is 19.5 Å². The first-order valence-electron chi connectivity index (χ1n) is 8.07. The third kappa shape index (κ3) is 4.21. The summed E-state index contributed by atoms with van der Waals surface area (Å²) < 4.78 is 3.68. The number of hydrogen-bond acceptors (Lipinski definition) is 9. The Kier molecular flexibility index (Phi) is 6.10. The molecule has 0 aliphatic carbocycles. The third-order valence-electron chi connectivity index (χ3n) is 3.89. The van der Waals surface area contributed by atoms with E-state index in [-0.39, 0.29) is 37.2 Å². The minimum Gasteiger partial charge on any atom is -0.322 e. The second-order valence-electron chi connectivity index (χ2n) is 5.44. The molecule has 0 bridgehead atoms. The molecule has 0 aliphatic rings. The molecule has 0 saturated heterocycles. The molecule has 0 amide bonds. The van der Waals surface area contributed by atoms with Crippen LogP contribution < -0.4 is 11.2 Å². The summed E-state index contributed by atoms with van der Waals surface area (Å²) in [5.41, 5.74) is -0.842. The number of rotatable bonds is 10. The maximum absolute atomic E-state index is 12.6. The molecule has 0 fully saturated rings. The van der Waals surface area contributed by atoms with Crippen LogP contribution in [0.15, 0.2) is 15.9 Å². The lowest BCUT2D eigenvalue weighted by atomic mass is 10.2. The zero-order chi connectivity index (χ0) is 20.1. The molecule has 0 spiro atoms. The van der Waals surface area contributed by atoms with E-state index >= 15 is 0 Å². The Hall–Kier alpha value is -3.45. The SMILES string of the molecule is CCn1c(=O)c2c(ncn2CC(CCO[N+](=O)[O-])O[N+](=O)[O-])n(CC)c1=O. The second-order valence-corrected chi connectivity index (χ2v) is 5.44. The van der Waals surface area contributed by atoms with E-state index in [1.165, 1.54) is 15.5 Å². The quantitative estimate of drug-likeness (QED) is 0.389. The Bertz CT molecular complexity index is 960. The van der Waals surface area contributed by atoms with Gasteiger partial charge in [0.25, 0.3) is 15.7 Å². The average molecular weight is 386 g/mol. The first-order chi connectivity index (χ1) is 12.8. The van der Waals surface area contributed by atoms with Crippen LogP contribution in [0.2, 0.25) is 0 Å². The van der Waals surface area contributed by atoms with Gasteiger partial charge in [-0.2, -0.15) is 0 Å². The van der Waals surface area contributed by atoms with Crippen LogP contribution in [0, 0.1) is 20.2 Å². The van der Waals surface area contributed by atoms with Gasteiger partial charge >= 0.3 is 5.69 Å². The van der Waals surface area contributed by atoms with E-state index < -0.39 is 34.1 Å². The molecule has 14 heteroatoms. The van der Waals surface area contributed by atoms with Crippen molar-refractivity contribution in [1.82, 2.24) is 18.7 Å². The summed E-state index contributed by atoms with van der Waals surface area (Å²) in [6.45, 7) is 3.18. The van der Waals surface area contributed by atoms with E-state index in [9.17, 15) is 29.8 Å². The number of aromatic nitrogens is 4. The normalized spacial score (nSPS) is 12.1. The van der Waals surface area contributed by atoms with Crippen molar-refractivity contribution in [2.24, 2.45) is 0 Å². The van der Waals surface area contributed by atoms with Crippen LogP contribution in [0.25, 0.3) is 11.2 Å². The van der Waals surface area contributed by atoms with E-state index in [2.05, 4.69) is 14.7 Å². The number of imidazole rings is 1. The fourth-order valence-electron chi connectivity index (χ4n) is 2.72. The van der Waals surface area contributed by atoms with E-state index in [4.69, 9.17) is 0 Å². The summed E-state index contributed by atoms with van der Waals surface area (Å²) in [6.07, 6.45) is -0.0202. The molecule has 1 atom stereocenters. The van der Waals surface area contributed by atoms with Gasteiger partial charge in [0.1, 0.15) is 6.10 Å². The molecule has 0 radical (unpaired) electrons. The maximum atomic E-state index is 12.6. The lowest BCUT2D eigenvalue weighted by molar-refractivity contribution is -0.774. The molecule has 0 aromatic carbocycles. The van der Waals surface area contributed by atoms with Gasteiger partial charge in [-0.25, -0.2) is 9.78 Å². The average Bonchev–Trinajstić information content (AvgIpc) is 2.98. The van der Waals surface area contributed by atoms with Crippen LogP contribution in [0.3, 0.4) is 0 Å². The number of aryl methyl sites for hydroxylation is 1. The van der Waals surface area contributed by atoms with E-state index in [1.807, 2.05) is 0 Å². The summed E-state index contributed by atoms with van der Waals surface area (Å²) in [4.78, 5) is 58.6. The summed E-state index contributed by atoms with van der Waals surface area (Å²) in [5, 5.41) is 18.9. The highest BCUT2D eigenvalue weighted by Gasteiger charge is 2.21. The van der Waals surface area contributed by atoms with Gasteiger partial charge < -0.3 is 14.2 Å². The Morgan fingerprint density at radius 1 is 1.15 bits per heavy atom. The summed E-state index contributed by atoms with van der Waals surface area (Å²) in [5.74, 6) is 0. The third-order valence-corrected chi connectivity index (χ3v) is 3.89. The minimum absolute atomic E-state index is 0.0884. The Labute approximate surface area is 150 Å². The zero-order valence-electron chi connectivity index (χ0n) is 14.6. The fourth-order valence-corrected chi connectivity index (χ4v) is 2.72. The second kappa shape index (κ2) is 8.29.